The molecule has 1 heterocycles. The van der Waals surface area contributed by atoms with E-state index in [4.69, 9.17) is 4.42 Å². The summed E-state index contributed by atoms with van der Waals surface area (Å²) in [6.07, 6.45) is 3.09. The van der Waals surface area contributed by atoms with E-state index >= 15 is 0 Å². The van der Waals surface area contributed by atoms with Gasteiger partial charge in [-0.1, -0.05) is 13.8 Å². The molecule has 6 heteroatoms. The lowest BCUT2D eigenvalue weighted by Gasteiger charge is -2.27. The average Bonchev–Trinajstić information content (AvgIpc) is 3.00. The lowest BCUT2D eigenvalue weighted by atomic mass is 9.93. The number of aromatic nitrogens is 1. The quantitative estimate of drug-likeness (QED) is 0.792. The van der Waals surface area contributed by atoms with E-state index < -0.39 is 5.60 Å². The summed E-state index contributed by atoms with van der Waals surface area (Å²) in [7, 11) is 0. The van der Waals surface area contributed by atoms with Crippen molar-refractivity contribution < 1.29 is 14.3 Å². The van der Waals surface area contributed by atoms with Crippen LogP contribution in [-0.2, 0) is 0 Å². The molecule has 0 spiro atoms. The minimum absolute atomic E-state index is 0.0490. The highest BCUT2D eigenvalue weighted by Crippen LogP contribution is 2.19. The Hall–Kier alpha value is -2.34. The number of urea groups is 1. The number of carbonyl (C=O) groups is 1. The number of anilines is 1. The summed E-state index contributed by atoms with van der Waals surface area (Å²) in [6, 6.07) is 6.79. The largest absolute Gasteiger partial charge is 0.445 e. The van der Waals surface area contributed by atoms with Crippen LogP contribution in [0.25, 0.3) is 11.5 Å². The van der Waals surface area contributed by atoms with Gasteiger partial charge in [0.2, 0.25) is 5.89 Å². The summed E-state index contributed by atoms with van der Waals surface area (Å²) in [4.78, 5) is 15.9. The molecule has 1 aromatic heterocycles. The van der Waals surface area contributed by atoms with Gasteiger partial charge in [-0.3, -0.25) is 0 Å². The van der Waals surface area contributed by atoms with E-state index in [1.807, 2.05) is 26.0 Å². The van der Waals surface area contributed by atoms with Crippen LogP contribution in [0.3, 0.4) is 0 Å². The van der Waals surface area contributed by atoms with Gasteiger partial charge in [0.05, 0.1) is 11.8 Å². The molecule has 0 fully saturated rings. The van der Waals surface area contributed by atoms with E-state index in [1.54, 1.807) is 25.3 Å². The summed E-state index contributed by atoms with van der Waals surface area (Å²) in [5, 5.41) is 15.5. The van der Waals surface area contributed by atoms with Crippen LogP contribution in [0, 0.1) is 5.92 Å². The molecular weight excluding hydrogens is 282 g/mol. The number of oxazole rings is 1. The topological polar surface area (TPSA) is 87.4 Å². The number of amides is 2. The van der Waals surface area contributed by atoms with E-state index in [1.165, 1.54) is 6.26 Å². The van der Waals surface area contributed by atoms with Crippen LogP contribution in [-0.4, -0.2) is 28.3 Å². The van der Waals surface area contributed by atoms with Gasteiger partial charge < -0.3 is 20.2 Å². The lowest BCUT2D eigenvalue weighted by molar-refractivity contribution is 0.0170. The first kappa shape index (κ1) is 16.0. The Kier molecular flexibility index (Phi) is 4.82. The van der Waals surface area contributed by atoms with E-state index in [9.17, 15) is 9.90 Å². The van der Waals surface area contributed by atoms with Gasteiger partial charge in [0.15, 0.2) is 0 Å². The number of nitrogens with one attached hydrogen (secondary N) is 2. The van der Waals surface area contributed by atoms with Crippen LogP contribution in [0.15, 0.2) is 41.1 Å². The number of benzene rings is 1. The van der Waals surface area contributed by atoms with Crippen LogP contribution in [0.2, 0.25) is 0 Å². The minimum Gasteiger partial charge on any atom is -0.445 e. The van der Waals surface area contributed by atoms with E-state index in [2.05, 4.69) is 15.6 Å². The molecule has 1 unspecified atom stereocenters. The van der Waals surface area contributed by atoms with Gasteiger partial charge in [-0.25, -0.2) is 9.78 Å². The first-order valence-electron chi connectivity index (χ1n) is 7.15. The summed E-state index contributed by atoms with van der Waals surface area (Å²) in [6.45, 7) is 5.69. The predicted molar refractivity (Wildman–Crippen MR) is 84.4 cm³/mol. The third kappa shape index (κ3) is 4.08. The van der Waals surface area contributed by atoms with Crippen molar-refractivity contribution in [2.24, 2.45) is 5.92 Å². The maximum atomic E-state index is 11.8. The van der Waals surface area contributed by atoms with Gasteiger partial charge in [0, 0.05) is 17.8 Å². The molecule has 22 heavy (non-hydrogen) atoms. The molecule has 3 N–H and O–H groups in total. The SMILES string of the molecule is CC(C)C(C)(O)CNC(=O)Nc1ccc(-c2ncco2)cc1. The van der Waals surface area contributed by atoms with Crippen LogP contribution in [0.1, 0.15) is 20.8 Å². The van der Waals surface area contributed by atoms with E-state index in [0.717, 1.165) is 5.56 Å². The van der Waals surface area contributed by atoms with Crippen LogP contribution in [0.5, 0.6) is 0 Å². The van der Waals surface area contributed by atoms with Crippen molar-refractivity contribution >= 4 is 11.7 Å². The molecule has 2 aromatic rings. The molecule has 2 rings (SSSR count). The highest BCUT2D eigenvalue weighted by molar-refractivity contribution is 5.89. The molecule has 0 saturated carbocycles. The first-order valence-corrected chi connectivity index (χ1v) is 7.15. The Morgan fingerprint density at radius 3 is 2.59 bits per heavy atom. The lowest BCUT2D eigenvalue weighted by Crippen LogP contribution is -2.45. The second kappa shape index (κ2) is 6.62. The zero-order chi connectivity index (χ0) is 16.2. The molecule has 2 amide bonds. The molecule has 6 nitrogen and oxygen atoms in total. The highest BCUT2D eigenvalue weighted by Gasteiger charge is 2.25. The first-order chi connectivity index (χ1) is 10.4. The summed E-state index contributed by atoms with van der Waals surface area (Å²) < 4.78 is 5.20. The van der Waals surface area contributed by atoms with Gasteiger partial charge in [-0.2, -0.15) is 0 Å². The van der Waals surface area contributed by atoms with E-state index in [-0.39, 0.29) is 18.5 Å². The predicted octanol–water partition coefficient (Wildman–Crippen LogP) is 2.87. The number of hydrogen-bond donors (Lipinski definition) is 3. The summed E-state index contributed by atoms with van der Waals surface area (Å²) in [5.74, 6) is 0.580. The van der Waals surface area contributed by atoms with Gasteiger partial charge in [-0.15, -0.1) is 0 Å². The zero-order valence-electron chi connectivity index (χ0n) is 13.0. The Morgan fingerprint density at radius 1 is 1.36 bits per heavy atom. The average molecular weight is 303 g/mol. The molecule has 1 atom stereocenters. The van der Waals surface area contributed by atoms with Crippen molar-refractivity contribution in [1.82, 2.24) is 10.3 Å². The third-order valence-electron chi connectivity index (χ3n) is 3.67. The summed E-state index contributed by atoms with van der Waals surface area (Å²) in [5.41, 5.74) is 0.544. The highest BCUT2D eigenvalue weighted by atomic mass is 16.3. The molecule has 0 aliphatic heterocycles. The van der Waals surface area contributed by atoms with E-state index in [0.29, 0.717) is 11.6 Å². The van der Waals surface area contributed by atoms with Crippen molar-refractivity contribution in [1.29, 1.82) is 0 Å². The van der Waals surface area contributed by atoms with Crippen LogP contribution < -0.4 is 10.6 Å². The number of rotatable bonds is 5. The Morgan fingerprint density at radius 2 is 2.05 bits per heavy atom. The monoisotopic (exact) mass is 303 g/mol. The number of hydrogen-bond acceptors (Lipinski definition) is 4. The van der Waals surface area contributed by atoms with Crippen molar-refractivity contribution in [3.63, 3.8) is 0 Å². The second-order valence-corrected chi connectivity index (χ2v) is 5.73. The molecule has 0 bridgehead atoms. The van der Waals surface area contributed by atoms with Crippen LogP contribution >= 0.6 is 0 Å². The van der Waals surface area contributed by atoms with Gasteiger partial charge in [0.25, 0.3) is 0 Å². The van der Waals surface area contributed by atoms with Crippen molar-refractivity contribution in [2.45, 2.75) is 26.4 Å². The van der Waals surface area contributed by atoms with Crippen LogP contribution in [0.4, 0.5) is 10.5 Å². The van der Waals surface area contributed by atoms with Gasteiger partial charge in [-0.05, 0) is 37.1 Å². The zero-order valence-corrected chi connectivity index (χ0v) is 13.0. The number of aliphatic hydroxyl groups is 1. The maximum absolute atomic E-state index is 11.8. The fourth-order valence-corrected chi connectivity index (χ4v) is 1.70. The second-order valence-electron chi connectivity index (χ2n) is 5.73. The third-order valence-corrected chi connectivity index (χ3v) is 3.67. The minimum atomic E-state index is -0.938. The standard InChI is InChI=1S/C16H21N3O3/c1-11(2)16(3,21)10-18-15(20)19-13-6-4-12(5-7-13)14-17-8-9-22-14/h4-9,11,21H,10H2,1-3H3,(H2,18,19,20). The maximum Gasteiger partial charge on any atom is 0.319 e. The fourth-order valence-electron chi connectivity index (χ4n) is 1.70. The van der Waals surface area contributed by atoms with Gasteiger partial charge >= 0.3 is 6.03 Å². The molecule has 1 aromatic carbocycles. The van der Waals surface area contributed by atoms with Gasteiger partial charge in [0.1, 0.15) is 6.26 Å². The smallest absolute Gasteiger partial charge is 0.319 e. The summed E-state index contributed by atoms with van der Waals surface area (Å²) >= 11 is 0. The Labute approximate surface area is 129 Å². The molecule has 0 aliphatic carbocycles. The fraction of sp³-hybridized carbons (Fsp3) is 0.375. The van der Waals surface area contributed by atoms with Crippen molar-refractivity contribution in [3.8, 4) is 11.5 Å². The number of nitrogens with zero attached hydrogens (tertiary/aromatic N) is 1. The number of carbonyl (C=O) groups excluding carboxylic acids is 1. The van der Waals surface area contributed by atoms with Crippen molar-refractivity contribution in [3.05, 3.63) is 36.7 Å². The molecule has 0 radical (unpaired) electrons. The normalized spacial score (nSPS) is 13.7. The molecule has 0 saturated heterocycles. The molecular formula is C16H21N3O3. The Bertz CT molecular complexity index is 604. The van der Waals surface area contributed by atoms with Crippen molar-refractivity contribution in [2.75, 3.05) is 11.9 Å². The molecule has 0 aliphatic rings. The Balaban J connectivity index is 1.90. The molecule has 118 valence electrons.